The number of anilines is 1. The van der Waals surface area contributed by atoms with Gasteiger partial charge in [0.15, 0.2) is 5.75 Å². The number of aromatic nitrogens is 3. The molecule has 0 radical (unpaired) electrons. The molecule has 1 fully saturated rings. The summed E-state index contributed by atoms with van der Waals surface area (Å²) in [5.74, 6) is 2.95. The fourth-order valence-corrected chi connectivity index (χ4v) is 3.96. The van der Waals surface area contributed by atoms with Gasteiger partial charge >= 0.3 is 0 Å². The molecule has 2 aromatic heterocycles. The lowest BCUT2D eigenvalue weighted by atomic mass is 9.95. The Morgan fingerprint density at radius 3 is 2.55 bits per heavy atom. The standard InChI is InChI=1S/C25H29N5O3/c1-17-23(28-16-29-25(17)33-22-5-4-12-26-18(22)2)30-13-10-20(11-14-30)24(31)27-15-19-6-8-21(32-3)9-7-19/h4-9,12,16,20H,10-11,13-15H2,1-3H3,(H,27,31). The van der Waals surface area contributed by atoms with Gasteiger partial charge in [-0.15, -0.1) is 0 Å². The molecule has 3 heterocycles. The second kappa shape index (κ2) is 10.3. The molecule has 0 atom stereocenters. The van der Waals surface area contributed by atoms with Gasteiger partial charge in [-0.3, -0.25) is 9.78 Å². The van der Waals surface area contributed by atoms with Gasteiger partial charge in [0, 0.05) is 31.7 Å². The number of amides is 1. The second-order valence-electron chi connectivity index (χ2n) is 8.14. The Balaban J connectivity index is 1.33. The smallest absolute Gasteiger partial charge is 0.227 e. The van der Waals surface area contributed by atoms with Gasteiger partial charge in [-0.25, -0.2) is 9.97 Å². The van der Waals surface area contributed by atoms with Gasteiger partial charge in [-0.05, 0) is 56.5 Å². The minimum atomic E-state index is -0.00425. The van der Waals surface area contributed by atoms with Crippen molar-refractivity contribution in [1.82, 2.24) is 20.3 Å². The van der Waals surface area contributed by atoms with Crippen LogP contribution in [0.1, 0.15) is 29.7 Å². The minimum absolute atomic E-state index is 0.00425. The van der Waals surface area contributed by atoms with Crippen LogP contribution < -0.4 is 19.7 Å². The van der Waals surface area contributed by atoms with E-state index in [2.05, 4.69) is 25.2 Å². The van der Waals surface area contributed by atoms with Crippen LogP contribution in [0.3, 0.4) is 0 Å². The molecule has 1 saturated heterocycles. The molecule has 0 aliphatic carbocycles. The van der Waals surface area contributed by atoms with Crippen LogP contribution in [0, 0.1) is 19.8 Å². The summed E-state index contributed by atoms with van der Waals surface area (Å²) in [6.07, 6.45) is 4.81. The Kier molecular flexibility index (Phi) is 7.02. The van der Waals surface area contributed by atoms with Crippen LogP contribution in [0.4, 0.5) is 5.82 Å². The molecule has 8 heteroatoms. The van der Waals surface area contributed by atoms with Gasteiger partial charge in [0.25, 0.3) is 0 Å². The molecular formula is C25H29N5O3. The van der Waals surface area contributed by atoms with Gasteiger partial charge in [-0.1, -0.05) is 12.1 Å². The van der Waals surface area contributed by atoms with Crippen molar-refractivity contribution < 1.29 is 14.3 Å². The maximum Gasteiger partial charge on any atom is 0.227 e. The topological polar surface area (TPSA) is 89.5 Å². The van der Waals surface area contributed by atoms with Crippen LogP contribution in [-0.2, 0) is 11.3 Å². The number of carbonyl (C=O) groups excluding carboxylic acids is 1. The van der Waals surface area contributed by atoms with E-state index in [0.717, 1.165) is 54.3 Å². The van der Waals surface area contributed by atoms with Crippen molar-refractivity contribution in [2.75, 3.05) is 25.1 Å². The van der Waals surface area contributed by atoms with Crippen molar-refractivity contribution in [2.45, 2.75) is 33.2 Å². The van der Waals surface area contributed by atoms with Crippen LogP contribution in [-0.4, -0.2) is 41.1 Å². The van der Waals surface area contributed by atoms with Crippen molar-refractivity contribution >= 4 is 11.7 Å². The molecule has 8 nitrogen and oxygen atoms in total. The average molecular weight is 448 g/mol. The number of aryl methyl sites for hydroxylation is 1. The molecule has 1 amide bonds. The molecular weight excluding hydrogens is 418 g/mol. The van der Waals surface area contributed by atoms with E-state index in [9.17, 15) is 4.79 Å². The maximum absolute atomic E-state index is 12.7. The van der Waals surface area contributed by atoms with Gasteiger partial charge in [0.2, 0.25) is 11.8 Å². The van der Waals surface area contributed by atoms with Crippen molar-refractivity contribution in [3.05, 3.63) is 65.7 Å². The Hall–Kier alpha value is -3.68. The lowest BCUT2D eigenvalue weighted by molar-refractivity contribution is -0.125. The number of methoxy groups -OCH3 is 1. The van der Waals surface area contributed by atoms with E-state index in [4.69, 9.17) is 9.47 Å². The molecule has 172 valence electrons. The number of hydrogen-bond acceptors (Lipinski definition) is 7. The van der Waals surface area contributed by atoms with E-state index in [1.807, 2.05) is 50.2 Å². The highest BCUT2D eigenvalue weighted by Crippen LogP contribution is 2.31. The summed E-state index contributed by atoms with van der Waals surface area (Å²) < 4.78 is 11.2. The summed E-state index contributed by atoms with van der Waals surface area (Å²) in [7, 11) is 1.64. The molecule has 1 aliphatic heterocycles. The third-order valence-corrected chi connectivity index (χ3v) is 5.97. The molecule has 1 aromatic carbocycles. The number of ether oxygens (including phenoxy) is 2. The zero-order valence-corrected chi connectivity index (χ0v) is 19.2. The summed E-state index contributed by atoms with van der Waals surface area (Å²) in [5.41, 5.74) is 2.73. The van der Waals surface area contributed by atoms with Gasteiger partial charge in [-0.2, -0.15) is 0 Å². The number of piperidine rings is 1. The lowest BCUT2D eigenvalue weighted by Crippen LogP contribution is -2.41. The largest absolute Gasteiger partial charge is 0.497 e. The predicted molar refractivity (Wildman–Crippen MR) is 126 cm³/mol. The normalized spacial score (nSPS) is 14.1. The summed E-state index contributed by atoms with van der Waals surface area (Å²) in [5, 5.41) is 3.06. The summed E-state index contributed by atoms with van der Waals surface area (Å²) in [6, 6.07) is 11.4. The zero-order valence-electron chi connectivity index (χ0n) is 19.2. The maximum atomic E-state index is 12.7. The Bertz CT molecular complexity index is 1100. The average Bonchev–Trinajstić information content (AvgIpc) is 2.85. The Morgan fingerprint density at radius 1 is 1.09 bits per heavy atom. The second-order valence-corrected chi connectivity index (χ2v) is 8.14. The van der Waals surface area contributed by atoms with Crippen LogP contribution >= 0.6 is 0 Å². The number of carbonyl (C=O) groups is 1. The lowest BCUT2D eigenvalue weighted by Gasteiger charge is -2.33. The summed E-state index contributed by atoms with van der Waals surface area (Å²) in [4.78, 5) is 28.0. The summed E-state index contributed by atoms with van der Waals surface area (Å²) in [6.45, 7) is 5.89. The quantitative estimate of drug-likeness (QED) is 0.589. The van der Waals surface area contributed by atoms with E-state index >= 15 is 0 Å². The Labute approximate surface area is 194 Å². The van der Waals surface area contributed by atoms with Crippen LogP contribution in [0.15, 0.2) is 48.9 Å². The number of nitrogens with one attached hydrogen (secondary N) is 1. The molecule has 0 spiro atoms. The number of benzene rings is 1. The Morgan fingerprint density at radius 2 is 1.85 bits per heavy atom. The van der Waals surface area contributed by atoms with Gasteiger partial charge in [0.1, 0.15) is 17.9 Å². The van der Waals surface area contributed by atoms with Crippen molar-refractivity contribution in [1.29, 1.82) is 0 Å². The summed E-state index contributed by atoms with van der Waals surface area (Å²) >= 11 is 0. The fourth-order valence-electron chi connectivity index (χ4n) is 3.96. The van der Waals surface area contributed by atoms with Crippen molar-refractivity contribution in [3.8, 4) is 17.4 Å². The first kappa shape index (κ1) is 22.5. The monoisotopic (exact) mass is 447 g/mol. The minimum Gasteiger partial charge on any atom is -0.497 e. The number of pyridine rings is 1. The first-order valence-corrected chi connectivity index (χ1v) is 11.1. The molecule has 0 saturated carbocycles. The van der Waals surface area contributed by atoms with Crippen LogP contribution in [0.2, 0.25) is 0 Å². The van der Waals surface area contributed by atoms with E-state index in [1.165, 1.54) is 6.33 Å². The van der Waals surface area contributed by atoms with Crippen LogP contribution in [0.5, 0.6) is 17.4 Å². The van der Waals surface area contributed by atoms with Crippen molar-refractivity contribution in [3.63, 3.8) is 0 Å². The number of hydrogen-bond donors (Lipinski definition) is 1. The fraction of sp³-hybridized carbons (Fsp3) is 0.360. The molecule has 33 heavy (non-hydrogen) atoms. The number of nitrogens with zero attached hydrogens (tertiary/aromatic N) is 4. The van der Waals surface area contributed by atoms with E-state index < -0.39 is 0 Å². The van der Waals surface area contributed by atoms with Crippen molar-refractivity contribution in [2.24, 2.45) is 5.92 Å². The van der Waals surface area contributed by atoms with Gasteiger partial charge in [0.05, 0.1) is 18.4 Å². The first-order valence-electron chi connectivity index (χ1n) is 11.1. The van der Waals surface area contributed by atoms with Gasteiger partial charge < -0.3 is 19.7 Å². The van der Waals surface area contributed by atoms with Crippen LogP contribution in [0.25, 0.3) is 0 Å². The molecule has 1 N–H and O–H groups in total. The molecule has 4 rings (SSSR count). The third-order valence-electron chi connectivity index (χ3n) is 5.97. The molecule has 0 bridgehead atoms. The van der Waals surface area contributed by atoms with E-state index in [1.54, 1.807) is 13.3 Å². The zero-order chi connectivity index (χ0) is 23.2. The van der Waals surface area contributed by atoms with E-state index in [0.29, 0.717) is 18.2 Å². The highest BCUT2D eigenvalue weighted by molar-refractivity contribution is 5.79. The molecule has 0 unspecified atom stereocenters. The molecule has 1 aliphatic rings. The SMILES string of the molecule is COc1ccc(CNC(=O)C2CCN(c3ncnc(Oc4cccnc4C)c3C)CC2)cc1. The van der Waals surface area contributed by atoms with E-state index in [-0.39, 0.29) is 11.8 Å². The predicted octanol–water partition coefficient (Wildman–Crippen LogP) is 3.82. The first-order chi connectivity index (χ1) is 16.0. The number of rotatable bonds is 7. The molecule has 3 aromatic rings. The third kappa shape index (κ3) is 5.39. The highest BCUT2D eigenvalue weighted by Gasteiger charge is 2.27. The highest BCUT2D eigenvalue weighted by atomic mass is 16.5.